The Hall–Kier alpha value is -2.47. The van der Waals surface area contributed by atoms with Crippen molar-refractivity contribution < 1.29 is 9.90 Å². The van der Waals surface area contributed by atoms with E-state index in [-0.39, 0.29) is 17.8 Å². The standard InChI is InChI=1S/C16H19N3O3/c1-2-6-13(20)11-17-16(22)14-9-10-15(21)19(18-14)12-7-4-3-5-8-12/h3-5,7-10,13,20H,2,6,11H2,1H3,(H,17,22). The Balaban J connectivity index is 2.16. The number of nitrogens with one attached hydrogen (secondary N) is 1. The molecule has 6 heteroatoms. The van der Waals surface area contributed by atoms with Gasteiger partial charge in [0.25, 0.3) is 11.5 Å². The molecule has 1 atom stereocenters. The normalized spacial score (nSPS) is 11.9. The number of rotatable bonds is 6. The Labute approximate surface area is 128 Å². The van der Waals surface area contributed by atoms with E-state index < -0.39 is 12.0 Å². The first-order chi connectivity index (χ1) is 10.6. The largest absolute Gasteiger partial charge is 0.391 e. The molecule has 2 rings (SSSR count). The Morgan fingerprint density at radius 3 is 2.68 bits per heavy atom. The van der Waals surface area contributed by atoms with Crippen molar-refractivity contribution in [3.63, 3.8) is 0 Å². The van der Waals surface area contributed by atoms with Crippen molar-refractivity contribution in [2.45, 2.75) is 25.9 Å². The summed E-state index contributed by atoms with van der Waals surface area (Å²) in [6, 6.07) is 11.6. The van der Waals surface area contributed by atoms with Crippen molar-refractivity contribution in [2.24, 2.45) is 0 Å². The molecule has 116 valence electrons. The lowest BCUT2D eigenvalue weighted by Crippen LogP contribution is -2.34. The van der Waals surface area contributed by atoms with Gasteiger partial charge in [-0.15, -0.1) is 0 Å². The summed E-state index contributed by atoms with van der Waals surface area (Å²) in [7, 11) is 0. The third-order valence-electron chi connectivity index (χ3n) is 3.15. The van der Waals surface area contributed by atoms with Crippen molar-refractivity contribution in [1.82, 2.24) is 15.1 Å². The highest BCUT2D eigenvalue weighted by atomic mass is 16.3. The second-order valence-corrected chi connectivity index (χ2v) is 4.96. The Bertz CT molecular complexity index is 683. The molecule has 22 heavy (non-hydrogen) atoms. The van der Waals surface area contributed by atoms with E-state index in [2.05, 4.69) is 10.4 Å². The molecule has 2 N–H and O–H groups in total. The fourth-order valence-electron chi connectivity index (χ4n) is 2.02. The summed E-state index contributed by atoms with van der Waals surface area (Å²) in [6.07, 6.45) is 0.889. The fraction of sp³-hybridized carbons (Fsp3) is 0.312. The number of aromatic nitrogens is 2. The van der Waals surface area contributed by atoms with Gasteiger partial charge in [0.2, 0.25) is 0 Å². The quantitative estimate of drug-likeness (QED) is 0.837. The summed E-state index contributed by atoms with van der Waals surface area (Å²) in [5.41, 5.74) is 0.411. The highest BCUT2D eigenvalue weighted by Crippen LogP contribution is 2.03. The van der Waals surface area contributed by atoms with Crippen LogP contribution in [0.4, 0.5) is 0 Å². The van der Waals surface area contributed by atoms with E-state index >= 15 is 0 Å². The molecule has 0 spiro atoms. The minimum absolute atomic E-state index is 0.132. The van der Waals surface area contributed by atoms with E-state index in [1.807, 2.05) is 13.0 Å². The monoisotopic (exact) mass is 301 g/mol. The number of carbonyl (C=O) groups excluding carboxylic acids is 1. The van der Waals surface area contributed by atoms with Gasteiger partial charge in [-0.3, -0.25) is 9.59 Å². The number of hydrogen-bond donors (Lipinski definition) is 2. The number of hydrogen-bond acceptors (Lipinski definition) is 4. The fourth-order valence-corrected chi connectivity index (χ4v) is 2.02. The number of aliphatic hydroxyl groups is 1. The summed E-state index contributed by atoms with van der Waals surface area (Å²) in [4.78, 5) is 23.9. The second-order valence-electron chi connectivity index (χ2n) is 4.96. The van der Waals surface area contributed by atoms with E-state index in [4.69, 9.17) is 0 Å². The van der Waals surface area contributed by atoms with E-state index in [9.17, 15) is 14.7 Å². The predicted molar refractivity (Wildman–Crippen MR) is 83.1 cm³/mol. The van der Waals surface area contributed by atoms with Gasteiger partial charge in [-0.05, 0) is 24.6 Å². The van der Waals surface area contributed by atoms with Crippen LogP contribution in [0.5, 0.6) is 0 Å². The first kappa shape index (κ1) is 15.9. The maximum absolute atomic E-state index is 12.0. The SMILES string of the molecule is CCCC(O)CNC(=O)c1ccc(=O)n(-c2ccccc2)n1. The second kappa shape index (κ2) is 7.51. The molecule has 1 amide bonds. The van der Waals surface area contributed by atoms with Crippen LogP contribution in [0.1, 0.15) is 30.3 Å². The van der Waals surface area contributed by atoms with E-state index in [1.165, 1.54) is 16.8 Å². The van der Waals surface area contributed by atoms with Crippen LogP contribution < -0.4 is 10.9 Å². The van der Waals surface area contributed by atoms with Crippen LogP contribution >= 0.6 is 0 Å². The summed E-state index contributed by atoms with van der Waals surface area (Å²) >= 11 is 0. The minimum Gasteiger partial charge on any atom is -0.391 e. The molecule has 0 radical (unpaired) electrons. The highest BCUT2D eigenvalue weighted by Gasteiger charge is 2.12. The van der Waals surface area contributed by atoms with Crippen molar-refractivity contribution in [2.75, 3.05) is 6.54 Å². The van der Waals surface area contributed by atoms with Gasteiger partial charge in [0, 0.05) is 12.6 Å². The average Bonchev–Trinajstić information content (AvgIpc) is 2.54. The summed E-state index contributed by atoms with van der Waals surface area (Å²) in [6.45, 7) is 2.13. The smallest absolute Gasteiger partial charge is 0.271 e. The average molecular weight is 301 g/mol. The van der Waals surface area contributed by atoms with E-state index in [0.717, 1.165) is 6.42 Å². The number of amides is 1. The van der Waals surface area contributed by atoms with E-state index in [0.29, 0.717) is 12.1 Å². The molecular weight excluding hydrogens is 282 g/mol. The minimum atomic E-state index is -0.575. The summed E-state index contributed by atoms with van der Waals surface area (Å²) < 4.78 is 1.18. The van der Waals surface area contributed by atoms with Gasteiger partial charge >= 0.3 is 0 Å². The molecule has 0 aliphatic rings. The van der Waals surface area contributed by atoms with Crippen molar-refractivity contribution in [3.8, 4) is 5.69 Å². The van der Waals surface area contributed by atoms with Crippen LogP contribution in [0.25, 0.3) is 5.69 Å². The lowest BCUT2D eigenvalue weighted by atomic mass is 10.2. The molecule has 0 bridgehead atoms. The maximum Gasteiger partial charge on any atom is 0.271 e. The highest BCUT2D eigenvalue weighted by molar-refractivity contribution is 5.92. The topological polar surface area (TPSA) is 84.2 Å². The Kier molecular flexibility index (Phi) is 5.43. The molecule has 0 saturated heterocycles. The summed E-state index contributed by atoms with van der Waals surface area (Å²) in [5, 5.41) is 16.3. The molecule has 1 aromatic heterocycles. The van der Waals surface area contributed by atoms with Crippen LogP contribution in [0.2, 0.25) is 0 Å². The molecular formula is C16H19N3O3. The van der Waals surface area contributed by atoms with Crippen molar-refractivity contribution in [3.05, 3.63) is 58.5 Å². The first-order valence-electron chi connectivity index (χ1n) is 7.24. The van der Waals surface area contributed by atoms with Crippen LogP contribution in [0.15, 0.2) is 47.3 Å². The maximum atomic E-state index is 12.0. The van der Waals surface area contributed by atoms with Crippen molar-refractivity contribution in [1.29, 1.82) is 0 Å². The van der Waals surface area contributed by atoms with Crippen LogP contribution in [-0.2, 0) is 0 Å². The zero-order valence-corrected chi connectivity index (χ0v) is 12.4. The van der Waals surface area contributed by atoms with Gasteiger partial charge in [-0.2, -0.15) is 9.78 Å². The van der Waals surface area contributed by atoms with Gasteiger partial charge in [-0.1, -0.05) is 31.5 Å². The molecule has 0 saturated carbocycles. The van der Waals surface area contributed by atoms with Gasteiger partial charge in [0.1, 0.15) is 5.69 Å². The lowest BCUT2D eigenvalue weighted by molar-refractivity contribution is 0.0903. The van der Waals surface area contributed by atoms with Gasteiger partial charge < -0.3 is 10.4 Å². The van der Waals surface area contributed by atoms with E-state index in [1.54, 1.807) is 24.3 Å². The van der Waals surface area contributed by atoms with Crippen LogP contribution in [0, 0.1) is 0 Å². The molecule has 1 aromatic carbocycles. The molecule has 0 aliphatic heterocycles. The van der Waals surface area contributed by atoms with Gasteiger partial charge in [0.05, 0.1) is 11.8 Å². The number of nitrogens with zero attached hydrogens (tertiary/aromatic N) is 2. The number of benzene rings is 1. The lowest BCUT2D eigenvalue weighted by Gasteiger charge is -2.11. The van der Waals surface area contributed by atoms with Gasteiger partial charge in [0.15, 0.2) is 0 Å². The van der Waals surface area contributed by atoms with Gasteiger partial charge in [-0.25, -0.2) is 0 Å². The molecule has 6 nitrogen and oxygen atoms in total. The van der Waals surface area contributed by atoms with Crippen molar-refractivity contribution >= 4 is 5.91 Å². The number of aliphatic hydroxyl groups excluding tert-OH is 1. The molecule has 1 heterocycles. The Morgan fingerprint density at radius 1 is 1.27 bits per heavy atom. The van der Waals surface area contributed by atoms with Crippen LogP contribution in [0.3, 0.4) is 0 Å². The summed E-state index contributed by atoms with van der Waals surface area (Å²) in [5.74, 6) is -0.417. The third-order valence-corrected chi connectivity index (χ3v) is 3.15. The van der Waals surface area contributed by atoms with Crippen LogP contribution in [-0.4, -0.2) is 33.4 Å². The molecule has 0 aliphatic carbocycles. The zero-order chi connectivity index (χ0) is 15.9. The number of carbonyl (C=O) groups is 1. The molecule has 0 fully saturated rings. The Morgan fingerprint density at radius 2 is 2.00 bits per heavy atom. The predicted octanol–water partition coefficient (Wildman–Crippen LogP) is 1.12. The number of para-hydroxylation sites is 1. The first-order valence-corrected chi connectivity index (χ1v) is 7.24. The molecule has 1 unspecified atom stereocenters. The third kappa shape index (κ3) is 4.02. The molecule has 2 aromatic rings. The zero-order valence-electron chi connectivity index (χ0n) is 12.4.